The third-order valence-corrected chi connectivity index (χ3v) is 2.93. The van der Waals surface area contributed by atoms with E-state index < -0.39 is 0 Å². The van der Waals surface area contributed by atoms with Crippen LogP contribution in [-0.2, 0) is 4.79 Å². The fourth-order valence-corrected chi connectivity index (χ4v) is 2.02. The molecule has 0 spiro atoms. The first-order valence-electron chi connectivity index (χ1n) is 5.16. The van der Waals surface area contributed by atoms with Crippen molar-refractivity contribution in [1.29, 1.82) is 5.26 Å². The summed E-state index contributed by atoms with van der Waals surface area (Å²) < 4.78 is 0. The SMILES string of the molecule is CC(N)CCCC(=O)Nc1sccc1C#N. The zero-order valence-corrected chi connectivity index (χ0v) is 10.0. The smallest absolute Gasteiger partial charge is 0.225 e. The lowest BCUT2D eigenvalue weighted by molar-refractivity contribution is -0.116. The molecule has 16 heavy (non-hydrogen) atoms. The molecule has 1 aromatic heterocycles. The van der Waals surface area contributed by atoms with Crippen molar-refractivity contribution in [2.45, 2.75) is 32.2 Å². The van der Waals surface area contributed by atoms with E-state index in [2.05, 4.69) is 5.32 Å². The van der Waals surface area contributed by atoms with E-state index in [1.54, 1.807) is 11.4 Å². The van der Waals surface area contributed by atoms with Gasteiger partial charge in [0.1, 0.15) is 11.1 Å². The Bertz CT molecular complexity index is 392. The van der Waals surface area contributed by atoms with Crippen LogP contribution >= 0.6 is 11.3 Å². The van der Waals surface area contributed by atoms with E-state index in [1.165, 1.54) is 11.3 Å². The minimum absolute atomic E-state index is 0.0559. The molecule has 0 saturated heterocycles. The fraction of sp³-hybridized carbons (Fsp3) is 0.455. The first-order valence-corrected chi connectivity index (χ1v) is 6.04. The van der Waals surface area contributed by atoms with Crippen molar-refractivity contribution in [2.75, 3.05) is 5.32 Å². The highest BCUT2D eigenvalue weighted by Gasteiger charge is 2.08. The monoisotopic (exact) mass is 237 g/mol. The van der Waals surface area contributed by atoms with Crippen LogP contribution in [0.5, 0.6) is 0 Å². The van der Waals surface area contributed by atoms with Gasteiger partial charge in [-0.25, -0.2) is 0 Å². The van der Waals surface area contributed by atoms with Crippen molar-refractivity contribution in [3.8, 4) is 6.07 Å². The van der Waals surface area contributed by atoms with E-state index in [0.717, 1.165) is 12.8 Å². The van der Waals surface area contributed by atoms with Gasteiger partial charge in [-0.3, -0.25) is 4.79 Å². The number of anilines is 1. The minimum Gasteiger partial charge on any atom is -0.328 e. The molecule has 0 fully saturated rings. The van der Waals surface area contributed by atoms with Crippen LogP contribution in [0.15, 0.2) is 11.4 Å². The van der Waals surface area contributed by atoms with Crippen molar-refractivity contribution in [3.63, 3.8) is 0 Å². The molecular weight excluding hydrogens is 222 g/mol. The Morgan fingerprint density at radius 2 is 2.50 bits per heavy atom. The maximum Gasteiger partial charge on any atom is 0.225 e. The summed E-state index contributed by atoms with van der Waals surface area (Å²) in [4.78, 5) is 11.5. The van der Waals surface area contributed by atoms with Crippen LogP contribution in [0, 0.1) is 11.3 Å². The Hall–Kier alpha value is -1.38. The Morgan fingerprint density at radius 1 is 1.75 bits per heavy atom. The van der Waals surface area contributed by atoms with Gasteiger partial charge < -0.3 is 11.1 Å². The summed E-state index contributed by atoms with van der Waals surface area (Å²) in [5.74, 6) is -0.0559. The number of nitriles is 1. The van der Waals surface area contributed by atoms with Crippen LogP contribution in [0.3, 0.4) is 0 Å². The van der Waals surface area contributed by atoms with Gasteiger partial charge in [0.2, 0.25) is 5.91 Å². The van der Waals surface area contributed by atoms with E-state index in [4.69, 9.17) is 11.0 Å². The molecule has 0 aliphatic heterocycles. The topological polar surface area (TPSA) is 78.9 Å². The Morgan fingerprint density at radius 3 is 3.12 bits per heavy atom. The van der Waals surface area contributed by atoms with Crippen LogP contribution in [0.1, 0.15) is 31.7 Å². The summed E-state index contributed by atoms with van der Waals surface area (Å²) in [6.07, 6.45) is 2.06. The van der Waals surface area contributed by atoms with Crippen molar-refractivity contribution < 1.29 is 4.79 Å². The van der Waals surface area contributed by atoms with E-state index in [0.29, 0.717) is 17.0 Å². The molecule has 0 saturated carbocycles. The van der Waals surface area contributed by atoms with Gasteiger partial charge in [0.05, 0.1) is 5.56 Å². The fourth-order valence-electron chi connectivity index (χ4n) is 1.27. The van der Waals surface area contributed by atoms with Gasteiger partial charge in [-0.2, -0.15) is 5.26 Å². The standard InChI is InChI=1S/C11H15N3OS/c1-8(13)3-2-4-10(15)14-11-9(7-12)5-6-16-11/h5-6,8H,2-4,13H2,1H3,(H,14,15). The van der Waals surface area contributed by atoms with E-state index in [-0.39, 0.29) is 11.9 Å². The molecule has 0 radical (unpaired) electrons. The zero-order chi connectivity index (χ0) is 12.0. The van der Waals surface area contributed by atoms with Crippen LogP contribution in [0.2, 0.25) is 0 Å². The maximum atomic E-state index is 11.5. The number of hydrogen-bond acceptors (Lipinski definition) is 4. The van der Waals surface area contributed by atoms with Crippen LogP contribution < -0.4 is 11.1 Å². The molecule has 0 aliphatic rings. The van der Waals surface area contributed by atoms with Gasteiger partial charge >= 0.3 is 0 Å². The normalized spacial score (nSPS) is 11.8. The molecule has 0 aromatic carbocycles. The Balaban J connectivity index is 2.38. The maximum absolute atomic E-state index is 11.5. The second-order valence-electron chi connectivity index (χ2n) is 3.69. The van der Waals surface area contributed by atoms with Gasteiger partial charge in [0.15, 0.2) is 0 Å². The number of thiophene rings is 1. The summed E-state index contributed by atoms with van der Waals surface area (Å²) in [6, 6.07) is 3.86. The van der Waals surface area contributed by atoms with Gasteiger partial charge in [-0.15, -0.1) is 11.3 Å². The summed E-state index contributed by atoms with van der Waals surface area (Å²) in [6.45, 7) is 1.92. The number of nitrogens with one attached hydrogen (secondary N) is 1. The number of nitrogens with two attached hydrogens (primary N) is 1. The number of carbonyl (C=O) groups is 1. The van der Waals surface area contributed by atoms with Gasteiger partial charge in [0.25, 0.3) is 0 Å². The number of rotatable bonds is 5. The summed E-state index contributed by atoms with van der Waals surface area (Å²) >= 11 is 1.36. The first kappa shape index (κ1) is 12.7. The molecule has 3 N–H and O–H groups in total. The molecule has 1 unspecified atom stereocenters. The van der Waals surface area contributed by atoms with E-state index in [1.807, 2.05) is 13.0 Å². The molecule has 5 heteroatoms. The highest BCUT2D eigenvalue weighted by molar-refractivity contribution is 7.14. The summed E-state index contributed by atoms with van der Waals surface area (Å²) in [5, 5.41) is 13.9. The number of amides is 1. The van der Waals surface area contributed by atoms with Crippen LogP contribution in [-0.4, -0.2) is 11.9 Å². The lowest BCUT2D eigenvalue weighted by Crippen LogP contribution is -2.16. The molecule has 1 aromatic rings. The molecule has 4 nitrogen and oxygen atoms in total. The molecule has 1 atom stereocenters. The minimum atomic E-state index is -0.0559. The molecule has 0 bridgehead atoms. The molecular formula is C11H15N3OS. The van der Waals surface area contributed by atoms with Gasteiger partial charge in [0, 0.05) is 12.5 Å². The largest absolute Gasteiger partial charge is 0.328 e. The van der Waals surface area contributed by atoms with Crippen molar-refractivity contribution in [1.82, 2.24) is 0 Å². The summed E-state index contributed by atoms with van der Waals surface area (Å²) in [5.41, 5.74) is 6.11. The predicted molar refractivity (Wildman–Crippen MR) is 65.2 cm³/mol. The molecule has 1 rings (SSSR count). The van der Waals surface area contributed by atoms with Crippen LogP contribution in [0.4, 0.5) is 5.00 Å². The number of nitrogens with zero attached hydrogens (tertiary/aromatic N) is 1. The third-order valence-electron chi connectivity index (χ3n) is 2.10. The predicted octanol–water partition coefficient (Wildman–Crippen LogP) is 2.08. The van der Waals surface area contributed by atoms with E-state index >= 15 is 0 Å². The highest BCUT2D eigenvalue weighted by Crippen LogP contribution is 2.22. The lowest BCUT2D eigenvalue weighted by atomic mass is 10.1. The average Bonchev–Trinajstić information content (AvgIpc) is 2.64. The van der Waals surface area contributed by atoms with Crippen molar-refractivity contribution in [3.05, 3.63) is 17.0 Å². The van der Waals surface area contributed by atoms with Crippen molar-refractivity contribution in [2.24, 2.45) is 5.73 Å². The van der Waals surface area contributed by atoms with Crippen LogP contribution in [0.25, 0.3) is 0 Å². The molecule has 1 heterocycles. The molecule has 0 aliphatic carbocycles. The quantitative estimate of drug-likeness (QED) is 0.822. The molecule has 1 amide bonds. The van der Waals surface area contributed by atoms with Gasteiger partial charge in [-0.1, -0.05) is 0 Å². The molecule has 86 valence electrons. The average molecular weight is 237 g/mol. The summed E-state index contributed by atoms with van der Waals surface area (Å²) in [7, 11) is 0. The highest BCUT2D eigenvalue weighted by atomic mass is 32.1. The zero-order valence-electron chi connectivity index (χ0n) is 9.19. The van der Waals surface area contributed by atoms with Gasteiger partial charge in [-0.05, 0) is 31.2 Å². The number of hydrogen-bond donors (Lipinski definition) is 2. The first-order chi connectivity index (χ1) is 7.63. The lowest BCUT2D eigenvalue weighted by Gasteiger charge is -2.05. The second kappa shape index (κ2) is 6.26. The van der Waals surface area contributed by atoms with E-state index in [9.17, 15) is 4.79 Å². The Kier molecular flexibility index (Phi) is 4.96. The third kappa shape index (κ3) is 4.01. The van der Waals surface area contributed by atoms with Crippen molar-refractivity contribution >= 4 is 22.2 Å². The Labute approximate surface area is 99.1 Å². The second-order valence-corrected chi connectivity index (χ2v) is 4.61. The number of carbonyl (C=O) groups excluding carboxylic acids is 1.